The van der Waals surface area contributed by atoms with Crippen LogP contribution in [-0.2, 0) is 6.42 Å². The van der Waals surface area contributed by atoms with Gasteiger partial charge in [-0.3, -0.25) is 0 Å². The summed E-state index contributed by atoms with van der Waals surface area (Å²) in [6.07, 6.45) is 2.78. The highest BCUT2D eigenvalue weighted by atomic mass is 19.1. The predicted octanol–water partition coefficient (Wildman–Crippen LogP) is 1.35. The van der Waals surface area contributed by atoms with Gasteiger partial charge in [-0.2, -0.15) is 0 Å². The third kappa shape index (κ3) is 3.13. The van der Waals surface area contributed by atoms with Crippen molar-refractivity contribution in [3.05, 3.63) is 17.8 Å². The minimum Gasteiger partial charge on any atom is -0.357 e. The number of hydrogen-bond acceptors (Lipinski definition) is 4. The molecule has 1 heterocycles. The van der Waals surface area contributed by atoms with Crippen LogP contribution in [0.3, 0.4) is 0 Å². The van der Waals surface area contributed by atoms with Crippen LogP contribution in [0, 0.1) is 5.82 Å². The van der Waals surface area contributed by atoms with Crippen molar-refractivity contribution >= 4 is 5.82 Å². The van der Waals surface area contributed by atoms with Crippen LogP contribution < -0.4 is 10.6 Å². The molecular formula is C11H19FN4. The fourth-order valence-corrected chi connectivity index (χ4v) is 1.41. The molecule has 0 aliphatic rings. The summed E-state index contributed by atoms with van der Waals surface area (Å²) in [5.74, 6) is 0.0321. The van der Waals surface area contributed by atoms with Gasteiger partial charge in [0.15, 0.2) is 11.6 Å². The lowest BCUT2D eigenvalue weighted by Crippen LogP contribution is -2.27. The van der Waals surface area contributed by atoms with Gasteiger partial charge in [-0.15, -0.1) is 0 Å². The van der Waals surface area contributed by atoms with Gasteiger partial charge in [0.2, 0.25) is 0 Å². The molecule has 0 aliphatic carbocycles. The highest BCUT2D eigenvalue weighted by Crippen LogP contribution is 2.17. The molecule has 0 saturated carbocycles. The molecule has 1 aromatic heterocycles. The van der Waals surface area contributed by atoms with E-state index in [1.165, 1.54) is 6.33 Å². The fourth-order valence-electron chi connectivity index (χ4n) is 1.41. The lowest BCUT2D eigenvalue weighted by atomic mass is 10.2. The summed E-state index contributed by atoms with van der Waals surface area (Å²) in [6, 6.07) is 0.109. The maximum Gasteiger partial charge on any atom is 0.187 e. The van der Waals surface area contributed by atoms with E-state index in [9.17, 15) is 4.39 Å². The number of aryl methyl sites for hydroxylation is 1. The predicted molar refractivity (Wildman–Crippen MR) is 62.9 cm³/mol. The molecule has 0 radical (unpaired) electrons. The molecule has 1 rings (SSSR count). The van der Waals surface area contributed by atoms with Gasteiger partial charge in [0, 0.05) is 19.6 Å². The minimum absolute atomic E-state index is 0.109. The first-order chi connectivity index (χ1) is 7.56. The van der Waals surface area contributed by atoms with Gasteiger partial charge < -0.3 is 10.6 Å². The lowest BCUT2D eigenvalue weighted by Gasteiger charge is -2.20. The zero-order valence-corrected chi connectivity index (χ0v) is 10.1. The summed E-state index contributed by atoms with van der Waals surface area (Å²) in [5.41, 5.74) is 6.12. The van der Waals surface area contributed by atoms with Crippen LogP contribution >= 0.6 is 0 Å². The fraction of sp³-hybridized carbons (Fsp3) is 0.636. The van der Waals surface area contributed by atoms with Crippen molar-refractivity contribution in [1.82, 2.24) is 9.97 Å². The quantitative estimate of drug-likeness (QED) is 0.823. The number of nitrogens with zero attached hydrogens (tertiary/aromatic N) is 3. The van der Waals surface area contributed by atoms with Crippen LogP contribution in [0.15, 0.2) is 6.33 Å². The molecule has 0 spiro atoms. The molecule has 16 heavy (non-hydrogen) atoms. The largest absolute Gasteiger partial charge is 0.357 e. The third-order valence-electron chi connectivity index (χ3n) is 2.46. The highest BCUT2D eigenvalue weighted by Gasteiger charge is 2.13. The number of anilines is 1. The Morgan fingerprint density at radius 3 is 2.75 bits per heavy atom. The van der Waals surface area contributed by atoms with Crippen LogP contribution in [-0.4, -0.2) is 29.6 Å². The van der Waals surface area contributed by atoms with Gasteiger partial charge in [0.1, 0.15) is 6.33 Å². The zero-order valence-electron chi connectivity index (χ0n) is 10.1. The Balaban J connectivity index is 2.78. The van der Waals surface area contributed by atoms with Crippen LogP contribution in [0.1, 0.15) is 26.0 Å². The van der Waals surface area contributed by atoms with Crippen molar-refractivity contribution in [2.75, 3.05) is 18.5 Å². The Labute approximate surface area is 95.7 Å². The van der Waals surface area contributed by atoms with Crippen LogP contribution in [0.5, 0.6) is 0 Å². The van der Waals surface area contributed by atoms with E-state index in [4.69, 9.17) is 5.73 Å². The van der Waals surface area contributed by atoms with E-state index < -0.39 is 0 Å². The van der Waals surface area contributed by atoms with Crippen molar-refractivity contribution in [2.24, 2.45) is 5.73 Å². The van der Waals surface area contributed by atoms with E-state index >= 15 is 0 Å². The first-order valence-electron chi connectivity index (χ1n) is 5.52. The normalized spacial score (nSPS) is 12.6. The molecule has 0 amide bonds. The van der Waals surface area contributed by atoms with Crippen molar-refractivity contribution in [3.63, 3.8) is 0 Å². The molecule has 2 N–H and O–H groups in total. The Hall–Kier alpha value is -1.23. The molecule has 0 aliphatic heterocycles. The second kappa shape index (κ2) is 5.75. The van der Waals surface area contributed by atoms with Crippen molar-refractivity contribution in [2.45, 2.75) is 32.7 Å². The summed E-state index contributed by atoms with van der Waals surface area (Å²) >= 11 is 0. The summed E-state index contributed by atoms with van der Waals surface area (Å²) in [4.78, 5) is 9.64. The van der Waals surface area contributed by atoms with E-state index in [1.807, 2.05) is 20.9 Å². The van der Waals surface area contributed by atoms with Gasteiger partial charge in [-0.25, -0.2) is 14.4 Å². The molecule has 0 bridgehead atoms. The molecule has 0 aromatic carbocycles. The molecule has 90 valence electrons. The number of hydrogen-bond donors (Lipinski definition) is 1. The van der Waals surface area contributed by atoms with Crippen LogP contribution in [0.25, 0.3) is 0 Å². The number of halogens is 1. The smallest absolute Gasteiger partial charge is 0.187 e. The van der Waals surface area contributed by atoms with E-state index in [0.717, 1.165) is 6.42 Å². The second-order valence-corrected chi connectivity index (χ2v) is 4.00. The Morgan fingerprint density at radius 1 is 1.50 bits per heavy atom. The Morgan fingerprint density at radius 2 is 2.19 bits per heavy atom. The highest BCUT2D eigenvalue weighted by molar-refractivity contribution is 5.39. The first-order valence-corrected chi connectivity index (χ1v) is 5.52. The van der Waals surface area contributed by atoms with Crippen molar-refractivity contribution in [1.29, 1.82) is 0 Å². The monoisotopic (exact) mass is 226 g/mol. The summed E-state index contributed by atoms with van der Waals surface area (Å²) in [7, 11) is 1.81. The summed E-state index contributed by atoms with van der Waals surface area (Å²) in [5, 5.41) is 0. The van der Waals surface area contributed by atoms with E-state index in [1.54, 1.807) is 4.90 Å². The van der Waals surface area contributed by atoms with Crippen LogP contribution in [0.2, 0.25) is 0 Å². The topological polar surface area (TPSA) is 55.0 Å². The molecule has 1 atom stereocenters. The van der Waals surface area contributed by atoms with Gasteiger partial charge in [0.05, 0.1) is 5.69 Å². The van der Waals surface area contributed by atoms with E-state index in [2.05, 4.69) is 9.97 Å². The molecule has 0 saturated heterocycles. The number of aromatic nitrogens is 2. The van der Waals surface area contributed by atoms with E-state index in [0.29, 0.717) is 24.5 Å². The molecule has 5 heteroatoms. The lowest BCUT2D eigenvalue weighted by molar-refractivity contribution is 0.580. The maximum atomic E-state index is 13.8. The van der Waals surface area contributed by atoms with Gasteiger partial charge in [0.25, 0.3) is 0 Å². The van der Waals surface area contributed by atoms with Crippen molar-refractivity contribution < 1.29 is 4.39 Å². The zero-order chi connectivity index (χ0) is 12.1. The van der Waals surface area contributed by atoms with Gasteiger partial charge >= 0.3 is 0 Å². The maximum absolute atomic E-state index is 13.8. The molecule has 4 nitrogen and oxygen atoms in total. The average Bonchev–Trinajstić information content (AvgIpc) is 2.26. The van der Waals surface area contributed by atoms with Crippen molar-refractivity contribution in [3.8, 4) is 0 Å². The first kappa shape index (κ1) is 12.8. The minimum atomic E-state index is -0.322. The number of nitrogens with two attached hydrogens (primary N) is 1. The third-order valence-corrected chi connectivity index (χ3v) is 2.46. The second-order valence-electron chi connectivity index (χ2n) is 4.00. The number of rotatable bonds is 5. The van der Waals surface area contributed by atoms with E-state index in [-0.39, 0.29) is 11.9 Å². The Bertz CT molecular complexity index is 341. The molecular weight excluding hydrogens is 207 g/mol. The molecule has 1 aromatic rings. The molecule has 1 unspecified atom stereocenters. The van der Waals surface area contributed by atoms with Gasteiger partial charge in [-0.05, 0) is 19.8 Å². The summed E-state index contributed by atoms with van der Waals surface area (Å²) in [6.45, 7) is 4.49. The summed E-state index contributed by atoms with van der Waals surface area (Å²) < 4.78 is 13.8. The average molecular weight is 226 g/mol. The standard InChI is InChI=1S/C11H19FN4/c1-4-9-10(12)11(15-7-14-9)16(3)6-5-8(2)13/h7-8H,4-6,13H2,1-3H3. The molecule has 0 fully saturated rings. The van der Waals surface area contributed by atoms with Gasteiger partial charge in [-0.1, -0.05) is 6.92 Å². The van der Waals surface area contributed by atoms with Crippen LogP contribution in [0.4, 0.5) is 10.2 Å². The Kier molecular flexibility index (Phi) is 4.61. The SMILES string of the molecule is CCc1ncnc(N(C)CCC(C)N)c1F.